The number of aryl methyl sites for hydroxylation is 1. The van der Waals surface area contributed by atoms with Crippen LogP contribution in [0.3, 0.4) is 0 Å². The summed E-state index contributed by atoms with van der Waals surface area (Å²) in [7, 11) is 0. The number of ether oxygens (including phenoxy) is 1. The first-order chi connectivity index (χ1) is 13.8. The van der Waals surface area contributed by atoms with Crippen molar-refractivity contribution in [1.82, 2.24) is 9.88 Å². The van der Waals surface area contributed by atoms with Gasteiger partial charge < -0.3 is 10.1 Å². The van der Waals surface area contributed by atoms with Gasteiger partial charge in [-0.1, -0.05) is 0 Å². The average Bonchev–Trinajstić information content (AvgIpc) is 2.68. The lowest BCUT2D eigenvalue weighted by Crippen LogP contribution is -2.36. The van der Waals surface area contributed by atoms with Gasteiger partial charge in [0.1, 0.15) is 0 Å². The highest BCUT2D eigenvalue weighted by Crippen LogP contribution is 2.32. The number of halogens is 4. The molecule has 1 fully saturated rings. The predicted molar refractivity (Wildman–Crippen MR) is 99.2 cm³/mol. The zero-order valence-electron chi connectivity index (χ0n) is 15.6. The molecular weight excluding hydrogens is 390 g/mol. The number of aromatic nitrogens is 1. The van der Waals surface area contributed by atoms with Crippen molar-refractivity contribution >= 4 is 11.6 Å². The summed E-state index contributed by atoms with van der Waals surface area (Å²) in [6.45, 7) is 3.68. The summed E-state index contributed by atoms with van der Waals surface area (Å²) in [4.78, 5) is 17.8. The summed E-state index contributed by atoms with van der Waals surface area (Å²) in [6, 6.07) is 6.01. The first-order valence-electron chi connectivity index (χ1n) is 9.26. The number of amides is 1. The predicted octanol–water partition coefficient (Wildman–Crippen LogP) is 3.76. The number of carbonyl (C=O) groups excluding carboxylic acids is 1. The zero-order chi connectivity index (χ0) is 20.9. The van der Waals surface area contributed by atoms with Gasteiger partial charge >= 0.3 is 6.18 Å². The van der Waals surface area contributed by atoms with E-state index in [2.05, 4.69) is 15.2 Å². The maximum Gasteiger partial charge on any atom is 0.416 e. The van der Waals surface area contributed by atoms with Gasteiger partial charge in [-0.25, -0.2) is 4.98 Å². The molecule has 1 saturated heterocycles. The second kappa shape index (κ2) is 9.32. The van der Waals surface area contributed by atoms with Gasteiger partial charge in [-0.05, 0) is 55.3 Å². The molecule has 29 heavy (non-hydrogen) atoms. The topological polar surface area (TPSA) is 54.5 Å². The maximum absolute atomic E-state index is 13.7. The minimum atomic E-state index is -4.56. The Balaban J connectivity index is 1.73. The number of nitrogens with zero attached hydrogens (tertiary/aromatic N) is 2. The lowest BCUT2D eigenvalue weighted by atomic mass is 10.0. The second-order valence-corrected chi connectivity index (χ2v) is 6.77. The minimum absolute atomic E-state index is 0.0329. The lowest BCUT2D eigenvalue weighted by Gasteiger charge is -2.26. The molecule has 9 heteroatoms. The van der Waals surface area contributed by atoms with Gasteiger partial charge in [-0.2, -0.15) is 17.6 Å². The van der Waals surface area contributed by atoms with Crippen molar-refractivity contribution < 1.29 is 27.1 Å². The van der Waals surface area contributed by atoms with Crippen LogP contribution in [0.4, 0.5) is 23.2 Å². The smallest absolute Gasteiger partial charge is 0.379 e. The lowest BCUT2D eigenvalue weighted by molar-refractivity contribution is -0.137. The molecule has 0 spiro atoms. The summed E-state index contributed by atoms with van der Waals surface area (Å²) in [5.41, 5.74) is -0.772. The van der Waals surface area contributed by atoms with Crippen LogP contribution in [0.1, 0.15) is 27.9 Å². The number of pyridine rings is 1. The highest BCUT2D eigenvalue weighted by atomic mass is 19.4. The van der Waals surface area contributed by atoms with E-state index in [1.54, 1.807) is 0 Å². The van der Waals surface area contributed by atoms with Crippen molar-refractivity contribution in [1.29, 1.82) is 0 Å². The third-order valence-corrected chi connectivity index (χ3v) is 4.63. The van der Waals surface area contributed by atoms with Crippen LogP contribution in [-0.4, -0.2) is 48.6 Å². The quantitative estimate of drug-likeness (QED) is 0.581. The molecule has 0 bridgehead atoms. The van der Waals surface area contributed by atoms with E-state index in [-0.39, 0.29) is 11.3 Å². The Bertz CT molecular complexity index is 852. The molecule has 0 radical (unpaired) electrons. The first kappa shape index (κ1) is 21.2. The maximum atomic E-state index is 13.7. The molecule has 1 aliphatic rings. The minimum Gasteiger partial charge on any atom is -0.379 e. The Labute approximate surface area is 165 Å². The third kappa shape index (κ3) is 5.98. The van der Waals surface area contributed by atoms with Gasteiger partial charge in [0, 0.05) is 25.0 Å². The Morgan fingerprint density at radius 1 is 1.21 bits per heavy atom. The van der Waals surface area contributed by atoms with Crippen molar-refractivity contribution in [2.75, 3.05) is 38.2 Å². The molecule has 1 aromatic carbocycles. The summed E-state index contributed by atoms with van der Waals surface area (Å²) in [5, 5.41) is 2.35. The molecule has 2 aromatic rings. The van der Waals surface area contributed by atoms with E-state index in [9.17, 15) is 22.4 Å². The van der Waals surface area contributed by atoms with Crippen molar-refractivity contribution in [3.05, 3.63) is 59.2 Å². The van der Waals surface area contributed by atoms with Crippen molar-refractivity contribution in [2.45, 2.75) is 19.0 Å². The number of hydrogen-bond acceptors (Lipinski definition) is 4. The van der Waals surface area contributed by atoms with Gasteiger partial charge in [0.2, 0.25) is 5.95 Å². The number of alkyl halides is 3. The van der Waals surface area contributed by atoms with E-state index >= 15 is 0 Å². The molecule has 0 aliphatic carbocycles. The van der Waals surface area contributed by atoms with Gasteiger partial charge in [0.15, 0.2) is 0 Å². The van der Waals surface area contributed by atoms with E-state index < -0.39 is 23.6 Å². The van der Waals surface area contributed by atoms with E-state index in [1.807, 2.05) is 0 Å². The number of carbonyl (C=O) groups is 1. The number of nitrogens with one attached hydrogen (secondary N) is 1. The molecule has 5 nitrogen and oxygen atoms in total. The van der Waals surface area contributed by atoms with E-state index in [0.29, 0.717) is 31.6 Å². The molecular formula is C20H21F4N3O2. The molecule has 1 aromatic heterocycles. The van der Waals surface area contributed by atoms with Gasteiger partial charge in [0.05, 0.1) is 24.3 Å². The number of rotatable bonds is 6. The number of benzene rings is 1. The van der Waals surface area contributed by atoms with Gasteiger partial charge in [-0.15, -0.1) is 0 Å². The Morgan fingerprint density at radius 2 is 1.97 bits per heavy atom. The molecule has 3 rings (SSSR count). The Morgan fingerprint density at radius 3 is 2.66 bits per heavy atom. The second-order valence-electron chi connectivity index (χ2n) is 6.77. The van der Waals surface area contributed by atoms with Crippen LogP contribution in [-0.2, 0) is 17.3 Å². The van der Waals surface area contributed by atoms with E-state index in [0.717, 1.165) is 31.8 Å². The summed E-state index contributed by atoms with van der Waals surface area (Å²) >= 11 is 0. The van der Waals surface area contributed by atoms with Crippen molar-refractivity contribution in [3.63, 3.8) is 0 Å². The monoisotopic (exact) mass is 411 g/mol. The van der Waals surface area contributed by atoms with Crippen LogP contribution < -0.4 is 5.32 Å². The number of anilines is 1. The Kier molecular flexibility index (Phi) is 6.81. The number of hydrogen-bond donors (Lipinski definition) is 1. The Hall–Kier alpha value is -2.52. The van der Waals surface area contributed by atoms with E-state index in [4.69, 9.17) is 4.74 Å². The van der Waals surface area contributed by atoms with Crippen LogP contribution in [0.15, 0.2) is 36.5 Å². The van der Waals surface area contributed by atoms with Crippen molar-refractivity contribution in [2.24, 2.45) is 0 Å². The highest BCUT2D eigenvalue weighted by Gasteiger charge is 2.31. The van der Waals surface area contributed by atoms with Crippen LogP contribution in [0.5, 0.6) is 0 Å². The highest BCUT2D eigenvalue weighted by molar-refractivity contribution is 6.04. The van der Waals surface area contributed by atoms with E-state index in [1.165, 1.54) is 24.4 Å². The molecule has 1 amide bonds. The van der Waals surface area contributed by atoms with Crippen LogP contribution in [0.2, 0.25) is 0 Å². The fourth-order valence-corrected chi connectivity index (χ4v) is 3.16. The van der Waals surface area contributed by atoms with Crippen LogP contribution in [0.25, 0.3) is 0 Å². The first-order valence-corrected chi connectivity index (χ1v) is 9.26. The molecule has 0 saturated carbocycles. The molecule has 1 aliphatic heterocycles. The largest absolute Gasteiger partial charge is 0.416 e. The number of morpholine rings is 1. The molecule has 0 unspecified atom stereocenters. The third-order valence-electron chi connectivity index (χ3n) is 4.63. The fourth-order valence-electron chi connectivity index (χ4n) is 3.16. The van der Waals surface area contributed by atoms with Crippen LogP contribution >= 0.6 is 0 Å². The molecule has 0 atom stereocenters. The summed E-state index contributed by atoms with van der Waals surface area (Å²) in [5.74, 6) is -1.84. The molecule has 2 heterocycles. The standard InChI is InChI=1S/C20H21F4N3O2/c21-18-17(4-1-5-25-18)19(28)26-16-12-14(11-15(13-16)20(22,23)24)3-2-6-27-7-9-29-10-8-27/h1,4-5,11-13H,2-3,6-10H2,(H,26,28). The fraction of sp³-hybridized carbons (Fsp3) is 0.400. The SMILES string of the molecule is O=C(Nc1cc(CCCN2CCOCC2)cc(C(F)(F)F)c1)c1cccnc1F. The molecule has 1 N–H and O–H groups in total. The summed E-state index contributed by atoms with van der Waals surface area (Å²) < 4.78 is 58.8. The normalized spacial score (nSPS) is 15.3. The van der Waals surface area contributed by atoms with Crippen molar-refractivity contribution in [3.8, 4) is 0 Å². The average molecular weight is 411 g/mol. The van der Waals surface area contributed by atoms with Crippen LogP contribution in [0, 0.1) is 5.95 Å². The van der Waals surface area contributed by atoms with Gasteiger partial charge in [0.25, 0.3) is 5.91 Å². The summed E-state index contributed by atoms with van der Waals surface area (Å²) in [6.07, 6.45) is -2.28. The van der Waals surface area contributed by atoms with Gasteiger partial charge in [-0.3, -0.25) is 9.69 Å². The zero-order valence-corrected chi connectivity index (χ0v) is 15.6. The molecule has 156 valence electrons.